The van der Waals surface area contributed by atoms with E-state index >= 15 is 0 Å². The summed E-state index contributed by atoms with van der Waals surface area (Å²) in [6.45, 7) is 4.62. The van der Waals surface area contributed by atoms with Crippen molar-refractivity contribution in [2.24, 2.45) is 0 Å². The van der Waals surface area contributed by atoms with Gasteiger partial charge in [-0.15, -0.1) is 0 Å². The monoisotopic (exact) mass is 928 g/mol. The molecule has 2 aliphatic rings. The molecule has 2 unspecified atom stereocenters. The summed E-state index contributed by atoms with van der Waals surface area (Å²) in [4.78, 5) is 0. The molecule has 2 aliphatic carbocycles. The topological polar surface area (TPSA) is 9.86 Å². The van der Waals surface area contributed by atoms with Gasteiger partial charge in [-0.25, -0.2) is 0 Å². The van der Waals surface area contributed by atoms with Crippen LogP contribution in [-0.4, -0.2) is 9.13 Å². The minimum Gasteiger partial charge on any atom is -0.313 e. The van der Waals surface area contributed by atoms with E-state index in [0.29, 0.717) is 11.8 Å². The molecule has 4 heteroatoms. The number of unbranched alkanes of at least 4 members (excludes halogenated alkanes) is 14. The molecule has 0 saturated carbocycles. The number of fused-ring (bicyclic) bond motifs is 6. The predicted molar refractivity (Wildman–Crippen MR) is 267 cm³/mol. The van der Waals surface area contributed by atoms with Crippen LogP contribution in [0, 0.1) is 0 Å². The van der Waals surface area contributed by atoms with Crippen LogP contribution in [0.25, 0.3) is 44.3 Å². The normalized spacial score (nSPS) is 16.5. The second-order valence-electron chi connectivity index (χ2n) is 18.5. The first-order valence-corrected chi connectivity index (χ1v) is 26.0. The Kier molecular flexibility index (Phi) is 15.5. The van der Waals surface area contributed by atoms with Crippen LogP contribution in [0.15, 0.2) is 93.9 Å². The lowest BCUT2D eigenvalue weighted by Gasteiger charge is -2.26. The molecule has 8 rings (SSSR count). The van der Waals surface area contributed by atoms with Crippen molar-refractivity contribution in [2.75, 3.05) is 0 Å². The van der Waals surface area contributed by atoms with Gasteiger partial charge in [-0.05, 0) is 146 Å². The molecule has 0 saturated heterocycles. The fourth-order valence-electron chi connectivity index (χ4n) is 11.2. The Balaban J connectivity index is 1.02. The number of aromatic nitrogens is 2. The van der Waals surface area contributed by atoms with Gasteiger partial charge in [0, 0.05) is 42.5 Å². The molecule has 2 heterocycles. The lowest BCUT2D eigenvalue weighted by Crippen LogP contribution is -2.14. The van der Waals surface area contributed by atoms with Crippen LogP contribution in [0.5, 0.6) is 0 Å². The predicted octanol–water partition coefficient (Wildman–Crippen LogP) is 18.7. The summed E-state index contributed by atoms with van der Waals surface area (Å²) in [6, 6.07) is 32.9. The Morgan fingerprint density at radius 1 is 0.450 bits per heavy atom. The molecule has 0 spiro atoms. The summed E-state index contributed by atoms with van der Waals surface area (Å²) in [5, 5.41) is 2.87. The maximum absolute atomic E-state index is 3.82. The number of nitrogens with zero attached hydrogens (tertiary/aromatic N) is 2. The van der Waals surface area contributed by atoms with Crippen LogP contribution in [0.4, 0.5) is 0 Å². The molecule has 0 N–H and O–H groups in total. The quantitative estimate of drug-likeness (QED) is 0.0637. The van der Waals surface area contributed by atoms with Crippen LogP contribution in [-0.2, 0) is 12.8 Å². The van der Waals surface area contributed by atoms with E-state index in [1.165, 1.54) is 207 Å². The van der Waals surface area contributed by atoms with Gasteiger partial charge in [0.2, 0.25) is 0 Å². The van der Waals surface area contributed by atoms with E-state index in [4.69, 9.17) is 0 Å². The lowest BCUT2D eigenvalue weighted by molar-refractivity contribution is 0.470. The Hall–Kier alpha value is -3.08. The van der Waals surface area contributed by atoms with Crippen molar-refractivity contribution >= 4 is 53.7 Å². The van der Waals surface area contributed by atoms with Gasteiger partial charge in [-0.1, -0.05) is 173 Å². The second-order valence-corrected chi connectivity index (χ2v) is 20.4. The van der Waals surface area contributed by atoms with Gasteiger partial charge in [-0.3, -0.25) is 0 Å². The summed E-state index contributed by atoms with van der Waals surface area (Å²) in [5.41, 5.74) is 14.2. The fraction of sp³-hybridized carbons (Fsp3) is 0.500. The summed E-state index contributed by atoms with van der Waals surface area (Å²) < 4.78 is 7.64. The molecule has 0 fully saturated rings. The highest BCUT2D eigenvalue weighted by molar-refractivity contribution is 9.10. The second kappa shape index (κ2) is 21.3. The van der Waals surface area contributed by atoms with E-state index in [1.807, 2.05) is 0 Å². The molecule has 4 aromatic carbocycles. The standard InChI is InChI=1S/C56H70Br2N2/c1-3-5-7-9-11-13-15-17-21-43-23-19-25-49-51-39-45(57)31-37-53(51)59(55(43)49)47-33-27-41(28-34-47)42-29-35-48(36-30-42)60-54-38-32-46(58)40-52(54)50-26-20-24-44(56(50)60)22-18-16-14-12-10-8-6-4-2/h27-40,43-44H,3-26H2,1-2H3. The molecule has 2 atom stereocenters. The molecule has 2 aromatic heterocycles. The smallest absolute Gasteiger partial charge is 0.0535 e. The fourth-order valence-corrected chi connectivity index (χ4v) is 11.9. The van der Waals surface area contributed by atoms with Crippen molar-refractivity contribution in [2.45, 2.75) is 180 Å². The first-order chi connectivity index (χ1) is 29.6. The maximum atomic E-state index is 3.82. The SMILES string of the molecule is CCCCCCCCCCC1CCCc2c1n(-c1ccc(-c3ccc(-n4c5c(c6cc(Br)ccc64)CCCC5CCCCCCCCCC)cc3)cc1)c1ccc(Br)cc21. The summed E-state index contributed by atoms with van der Waals surface area (Å²) >= 11 is 7.64. The third kappa shape index (κ3) is 9.91. The van der Waals surface area contributed by atoms with E-state index in [1.54, 1.807) is 22.5 Å². The number of hydrogen-bond donors (Lipinski definition) is 0. The highest BCUT2D eigenvalue weighted by Gasteiger charge is 2.30. The highest BCUT2D eigenvalue weighted by atomic mass is 79.9. The number of benzene rings is 4. The van der Waals surface area contributed by atoms with E-state index < -0.39 is 0 Å². The van der Waals surface area contributed by atoms with Crippen LogP contribution < -0.4 is 0 Å². The Morgan fingerprint density at radius 3 is 1.20 bits per heavy atom. The van der Waals surface area contributed by atoms with Crippen LogP contribution in [0.1, 0.15) is 189 Å². The van der Waals surface area contributed by atoms with E-state index in [0.717, 1.165) is 0 Å². The van der Waals surface area contributed by atoms with Crippen molar-refractivity contribution in [3.63, 3.8) is 0 Å². The van der Waals surface area contributed by atoms with Gasteiger partial charge in [0.05, 0.1) is 11.0 Å². The summed E-state index contributed by atoms with van der Waals surface area (Å²) in [6.07, 6.45) is 32.3. The van der Waals surface area contributed by atoms with Gasteiger partial charge >= 0.3 is 0 Å². The van der Waals surface area contributed by atoms with Gasteiger partial charge < -0.3 is 9.13 Å². The molecule has 0 amide bonds. The number of rotatable bonds is 21. The van der Waals surface area contributed by atoms with Crippen LogP contribution in [0.3, 0.4) is 0 Å². The largest absolute Gasteiger partial charge is 0.313 e. The van der Waals surface area contributed by atoms with Gasteiger partial charge in [0.25, 0.3) is 0 Å². The minimum atomic E-state index is 0.629. The molecule has 0 radical (unpaired) electrons. The van der Waals surface area contributed by atoms with Crippen molar-refractivity contribution in [1.82, 2.24) is 9.13 Å². The van der Waals surface area contributed by atoms with Gasteiger partial charge in [0.15, 0.2) is 0 Å². The maximum Gasteiger partial charge on any atom is 0.0535 e. The van der Waals surface area contributed by atoms with Crippen molar-refractivity contribution in [1.29, 1.82) is 0 Å². The molecule has 318 valence electrons. The van der Waals surface area contributed by atoms with Crippen molar-refractivity contribution < 1.29 is 0 Å². The van der Waals surface area contributed by atoms with Gasteiger partial charge in [0.1, 0.15) is 0 Å². The number of hydrogen-bond acceptors (Lipinski definition) is 0. The molecule has 0 bridgehead atoms. The Labute approximate surface area is 379 Å². The highest BCUT2D eigenvalue weighted by Crippen LogP contribution is 2.45. The average Bonchev–Trinajstić information content (AvgIpc) is 3.78. The van der Waals surface area contributed by atoms with E-state index in [-0.39, 0.29) is 0 Å². The molecule has 2 nitrogen and oxygen atoms in total. The zero-order valence-electron chi connectivity index (χ0n) is 36.9. The summed E-state index contributed by atoms with van der Waals surface area (Å²) in [5.74, 6) is 1.26. The van der Waals surface area contributed by atoms with E-state index in [2.05, 4.69) is 140 Å². The molecular weight excluding hydrogens is 860 g/mol. The molecule has 6 aromatic rings. The molecule has 0 aliphatic heterocycles. The first kappa shape index (κ1) is 43.6. The molecule has 60 heavy (non-hydrogen) atoms. The number of halogens is 2. The Morgan fingerprint density at radius 2 is 0.817 bits per heavy atom. The van der Waals surface area contributed by atoms with Crippen molar-refractivity contribution in [3.05, 3.63) is 116 Å². The number of aryl methyl sites for hydroxylation is 2. The Bertz CT molecular complexity index is 2130. The van der Waals surface area contributed by atoms with Crippen molar-refractivity contribution in [3.8, 4) is 22.5 Å². The average molecular weight is 931 g/mol. The summed E-state index contributed by atoms with van der Waals surface area (Å²) in [7, 11) is 0. The third-order valence-corrected chi connectivity index (χ3v) is 15.3. The lowest BCUT2D eigenvalue weighted by atomic mass is 9.83. The first-order valence-electron chi connectivity index (χ1n) is 24.4. The molecular formula is C56H70Br2N2. The van der Waals surface area contributed by atoms with Crippen LogP contribution in [0.2, 0.25) is 0 Å². The minimum absolute atomic E-state index is 0.629. The third-order valence-electron chi connectivity index (χ3n) is 14.3. The zero-order chi connectivity index (χ0) is 41.3. The van der Waals surface area contributed by atoms with Gasteiger partial charge in [-0.2, -0.15) is 0 Å². The zero-order valence-corrected chi connectivity index (χ0v) is 40.0. The van der Waals surface area contributed by atoms with E-state index in [9.17, 15) is 0 Å². The van der Waals surface area contributed by atoms with Crippen LogP contribution >= 0.6 is 31.9 Å².